The van der Waals surface area contributed by atoms with E-state index in [2.05, 4.69) is 15.2 Å². The van der Waals surface area contributed by atoms with Gasteiger partial charge in [0.15, 0.2) is 6.61 Å². The van der Waals surface area contributed by atoms with Gasteiger partial charge >= 0.3 is 0 Å². The monoisotopic (exact) mass is 407 g/mol. The SMILES string of the molecule is COc1ccc(NC(=O)COc2ccc(C(=O)NCCCn3cccc3)cc2)cc1. The molecule has 3 aromatic rings. The Balaban J connectivity index is 1.38. The fourth-order valence-corrected chi connectivity index (χ4v) is 2.81. The Hall–Kier alpha value is -3.74. The van der Waals surface area contributed by atoms with Crippen molar-refractivity contribution in [3.8, 4) is 11.5 Å². The maximum absolute atomic E-state index is 12.2. The zero-order chi connectivity index (χ0) is 21.2. The van der Waals surface area contributed by atoms with E-state index < -0.39 is 0 Å². The standard InChI is InChI=1S/C23H25N3O4/c1-29-20-11-7-19(8-12-20)25-22(27)17-30-21-9-5-18(6-10-21)23(28)24-13-4-16-26-14-2-3-15-26/h2-3,5-12,14-15H,4,13,16-17H2,1H3,(H,24,28)(H,25,27). The van der Waals surface area contributed by atoms with Crippen LogP contribution in [0.1, 0.15) is 16.8 Å². The van der Waals surface area contributed by atoms with Gasteiger partial charge in [0.2, 0.25) is 0 Å². The van der Waals surface area contributed by atoms with Crippen LogP contribution in [-0.2, 0) is 11.3 Å². The van der Waals surface area contributed by atoms with Crippen LogP contribution in [0.4, 0.5) is 5.69 Å². The zero-order valence-corrected chi connectivity index (χ0v) is 16.8. The first-order valence-corrected chi connectivity index (χ1v) is 9.70. The zero-order valence-electron chi connectivity index (χ0n) is 16.8. The summed E-state index contributed by atoms with van der Waals surface area (Å²) < 4.78 is 12.6. The van der Waals surface area contributed by atoms with Gasteiger partial charge in [-0.2, -0.15) is 0 Å². The molecule has 0 aliphatic carbocycles. The summed E-state index contributed by atoms with van der Waals surface area (Å²) in [5, 5.41) is 5.65. The van der Waals surface area contributed by atoms with Gasteiger partial charge < -0.3 is 24.7 Å². The van der Waals surface area contributed by atoms with Crippen LogP contribution in [0.2, 0.25) is 0 Å². The Morgan fingerprint density at radius 1 is 0.933 bits per heavy atom. The fraction of sp³-hybridized carbons (Fsp3) is 0.217. The molecule has 0 radical (unpaired) electrons. The number of benzene rings is 2. The minimum Gasteiger partial charge on any atom is -0.497 e. The summed E-state index contributed by atoms with van der Waals surface area (Å²) in [4.78, 5) is 24.2. The van der Waals surface area contributed by atoms with Crippen molar-refractivity contribution in [3.05, 3.63) is 78.6 Å². The number of ether oxygens (including phenoxy) is 2. The quantitative estimate of drug-likeness (QED) is 0.505. The second kappa shape index (κ2) is 10.7. The molecule has 0 bridgehead atoms. The summed E-state index contributed by atoms with van der Waals surface area (Å²) in [6.07, 6.45) is 4.85. The van der Waals surface area contributed by atoms with E-state index in [9.17, 15) is 9.59 Å². The molecule has 1 heterocycles. The Kier molecular flexibility index (Phi) is 7.49. The molecule has 2 N–H and O–H groups in total. The first-order chi connectivity index (χ1) is 14.6. The fourth-order valence-electron chi connectivity index (χ4n) is 2.81. The lowest BCUT2D eigenvalue weighted by molar-refractivity contribution is -0.118. The topological polar surface area (TPSA) is 81.6 Å². The van der Waals surface area contributed by atoms with Gasteiger partial charge in [-0.3, -0.25) is 9.59 Å². The van der Waals surface area contributed by atoms with Crippen LogP contribution < -0.4 is 20.1 Å². The molecule has 0 saturated heterocycles. The molecule has 0 fully saturated rings. The summed E-state index contributed by atoms with van der Waals surface area (Å²) in [7, 11) is 1.58. The average molecular weight is 407 g/mol. The van der Waals surface area contributed by atoms with Gasteiger partial charge in [-0.15, -0.1) is 0 Å². The highest BCUT2D eigenvalue weighted by atomic mass is 16.5. The first kappa shape index (κ1) is 21.0. The normalized spacial score (nSPS) is 10.3. The van der Waals surface area contributed by atoms with Crippen LogP contribution in [0, 0.1) is 0 Å². The molecule has 0 unspecified atom stereocenters. The van der Waals surface area contributed by atoms with Crippen molar-refractivity contribution in [2.75, 3.05) is 25.6 Å². The predicted molar refractivity (Wildman–Crippen MR) is 115 cm³/mol. The minimum atomic E-state index is -0.273. The molecule has 30 heavy (non-hydrogen) atoms. The van der Waals surface area contributed by atoms with Crippen molar-refractivity contribution in [2.24, 2.45) is 0 Å². The van der Waals surface area contributed by atoms with E-state index in [0.29, 0.717) is 29.3 Å². The second-order valence-corrected chi connectivity index (χ2v) is 6.62. The number of amides is 2. The number of nitrogens with one attached hydrogen (secondary N) is 2. The summed E-state index contributed by atoms with van der Waals surface area (Å²) in [6.45, 7) is 1.33. The van der Waals surface area contributed by atoms with Gasteiger partial charge in [0.1, 0.15) is 11.5 Å². The summed E-state index contributed by atoms with van der Waals surface area (Å²) >= 11 is 0. The van der Waals surface area contributed by atoms with Crippen molar-refractivity contribution >= 4 is 17.5 Å². The smallest absolute Gasteiger partial charge is 0.262 e. The molecule has 3 rings (SSSR count). The third-order valence-corrected chi connectivity index (χ3v) is 4.41. The number of hydrogen-bond acceptors (Lipinski definition) is 4. The molecule has 0 aliphatic rings. The van der Waals surface area contributed by atoms with Gasteiger partial charge in [0, 0.05) is 36.7 Å². The number of methoxy groups -OCH3 is 1. The Morgan fingerprint density at radius 3 is 2.27 bits per heavy atom. The minimum absolute atomic E-state index is 0.128. The molecule has 7 heteroatoms. The lowest BCUT2D eigenvalue weighted by Crippen LogP contribution is -2.25. The number of carbonyl (C=O) groups excluding carboxylic acids is 2. The summed E-state index contributed by atoms with van der Waals surface area (Å²) in [5.74, 6) is 0.828. The highest BCUT2D eigenvalue weighted by Crippen LogP contribution is 2.15. The third kappa shape index (κ3) is 6.41. The number of carbonyl (C=O) groups is 2. The Labute approximate surface area is 175 Å². The number of anilines is 1. The molecule has 2 amide bonds. The largest absolute Gasteiger partial charge is 0.497 e. The number of aryl methyl sites for hydroxylation is 1. The van der Waals surface area contributed by atoms with Crippen LogP contribution in [-0.4, -0.2) is 36.6 Å². The van der Waals surface area contributed by atoms with E-state index in [1.807, 2.05) is 24.5 Å². The van der Waals surface area contributed by atoms with Crippen molar-refractivity contribution in [3.63, 3.8) is 0 Å². The van der Waals surface area contributed by atoms with Crippen LogP contribution in [0.5, 0.6) is 11.5 Å². The maximum Gasteiger partial charge on any atom is 0.262 e. The van der Waals surface area contributed by atoms with E-state index in [1.54, 1.807) is 55.6 Å². The molecular formula is C23H25N3O4. The van der Waals surface area contributed by atoms with Gasteiger partial charge in [-0.05, 0) is 67.1 Å². The predicted octanol–water partition coefficient (Wildman–Crippen LogP) is 3.33. The molecule has 0 aliphatic heterocycles. The highest BCUT2D eigenvalue weighted by Gasteiger charge is 2.07. The van der Waals surface area contributed by atoms with E-state index in [1.165, 1.54) is 0 Å². The van der Waals surface area contributed by atoms with Crippen molar-refractivity contribution in [1.82, 2.24) is 9.88 Å². The Morgan fingerprint density at radius 2 is 1.60 bits per heavy atom. The molecule has 2 aromatic carbocycles. The molecular weight excluding hydrogens is 382 g/mol. The van der Waals surface area contributed by atoms with E-state index in [0.717, 1.165) is 13.0 Å². The van der Waals surface area contributed by atoms with Crippen LogP contribution in [0.25, 0.3) is 0 Å². The molecule has 0 saturated carbocycles. The van der Waals surface area contributed by atoms with Gasteiger partial charge in [-0.25, -0.2) is 0 Å². The van der Waals surface area contributed by atoms with Crippen LogP contribution >= 0.6 is 0 Å². The maximum atomic E-state index is 12.2. The molecule has 156 valence electrons. The van der Waals surface area contributed by atoms with E-state index in [-0.39, 0.29) is 18.4 Å². The van der Waals surface area contributed by atoms with Crippen molar-refractivity contribution in [2.45, 2.75) is 13.0 Å². The third-order valence-electron chi connectivity index (χ3n) is 4.41. The first-order valence-electron chi connectivity index (χ1n) is 9.70. The highest BCUT2D eigenvalue weighted by molar-refractivity contribution is 5.94. The van der Waals surface area contributed by atoms with Gasteiger partial charge in [0.25, 0.3) is 11.8 Å². The lowest BCUT2D eigenvalue weighted by Gasteiger charge is -2.09. The van der Waals surface area contributed by atoms with Gasteiger partial charge in [0.05, 0.1) is 7.11 Å². The van der Waals surface area contributed by atoms with Gasteiger partial charge in [-0.1, -0.05) is 0 Å². The Bertz CT molecular complexity index is 936. The van der Waals surface area contributed by atoms with E-state index >= 15 is 0 Å². The number of aromatic nitrogens is 1. The second-order valence-electron chi connectivity index (χ2n) is 6.62. The lowest BCUT2D eigenvalue weighted by atomic mass is 10.2. The number of hydrogen-bond donors (Lipinski definition) is 2. The summed E-state index contributed by atoms with van der Waals surface area (Å²) in [5.41, 5.74) is 1.21. The molecule has 0 spiro atoms. The molecule has 7 nitrogen and oxygen atoms in total. The average Bonchev–Trinajstić information content (AvgIpc) is 3.29. The van der Waals surface area contributed by atoms with E-state index in [4.69, 9.17) is 9.47 Å². The number of nitrogens with zero attached hydrogens (tertiary/aromatic N) is 1. The van der Waals surface area contributed by atoms with Crippen LogP contribution in [0.3, 0.4) is 0 Å². The number of rotatable bonds is 10. The molecule has 1 aromatic heterocycles. The summed E-state index contributed by atoms with van der Waals surface area (Å²) in [6, 6.07) is 17.7. The van der Waals surface area contributed by atoms with Crippen LogP contribution in [0.15, 0.2) is 73.1 Å². The molecule has 0 atom stereocenters. The van der Waals surface area contributed by atoms with Crippen molar-refractivity contribution in [1.29, 1.82) is 0 Å². The van der Waals surface area contributed by atoms with Crippen molar-refractivity contribution < 1.29 is 19.1 Å².